The number of hydrogen-bond acceptors (Lipinski definition) is 2. The Labute approximate surface area is 124 Å². The van der Waals surface area contributed by atoms with Gasteiger partial charge in [0.15, 0.2) is 0 Å². The molecule has 1 atom stereocenters. The standard InChI is InChI=1S/C15H25BrN2O/c1-3-13-15(16)14(18(4-2)17-13)10-12(19)9-11-7-5-6-8-11/h11-12,19H,3-10H2,1-2H3. The molecule has 1 aliphatic rings. The fourth-order valence-electron chi connectivity index (χ4n) is 3.15. The number of aryl methyl sites for hydroxylation is 2. The minimum atomic E-state index is -0.230. The molecular formula is C15H25BrN2O. The van der Waals surface area contributed by atoms with Crippen LogP contribution >= 0.6 is 15.9 Å². The summed E-state index contributed by atoms with van der Waals surface area (Å²) in [6, 6.07) is 0. The quantitative estimate of drug-likeness (QED) is 0.864. The molecule has 0 radical (unpaired) electrons. The largest absolute Gasteiger partial charge is 0.393 e. The van der Waals surface area contributed by atoms with Crippen molar-refractivity contribution in [1.82, 2.24) is 9.78 Å². The molecule has 19 heavy (non-hydrogen) atoms. The molecule has 0 bridgehead atoms. The summed E-state index contributed by atoms with van der Waals surface area (Å²) in [6.07, 6.45) is 7.64. The summed E-state index contributed by atoms with van der Waals surface area (Å²) < 4.78 is 3.13. The zero-order chi connectivity index (χ0) is 13.8. The van der Waals surface area contributed by atoms with Crippen LogP contribution in [0.4, 0.5) is 0 Å². The fraction of sp³-hybridized carbons (Fsp3) is 0.800. The minimum absolute atomic E-state index is 0.230. The van der Waals surface area contributed by atoms with Gasteiger partial charge in [-0.3, -0.25) is 4.68 Å². The van der Waals surface area contributed by atoms with E-state index in [9.17, 15) is 5.11 Å². The maximum absolute atomic E-state index is 10.3. The van der Waals surface area contributed by atoms with Crippen molar-refractivity contribution in [2.75, 3.05) is 0 Å². The van der Waals surface area contributed by atoms with Crippen LogP contribution < -0.4 is 0 Å². The van der Waals surface area contributed by atoms with Crippen molar-refractivity contribution in [3.8, 4) is 0 Å². The van der Waals surface area contributed by atoms with Crippen molar-refractivity contribution in [2.45, 2.75) is 71.4 Å². The number of aromatic nitrogens is 2. The number of hydrogen-bond donors (Lipinski definition) is 1. The molecule has 1 fully saturated rings. The predicted molar refractivity (Wildman–Crippen MR) is 81.3 cm³/mol. The van der Waals surface area contributed by atoms with Gasteiger partial charge >= 0.3 is 0 Å². The Morgan fingerprint density at radius 2 is 2.05 bits per heavy atom. The van der Waals surface area contributed by atoms with Crippen molar-refractivity contribution < 1.29 is 5.11 Å². The Kier molecular flexibility index (Phi) is 5.46. The second-order valence-electron chi connectivity index (χ2n) is 5.62. The Hall–Kier alpha value is -0.350. The van der Waals surface area contributed by atoms with E-state index in [1.165, 1.54) is 25.7 Å². The number of nitrogens with zero attached hydrogens (tertiary/aromatic N) is 2. The summed E-state index contributed by atoms with van der Waals surface area (Å²) in [5, 5.41) is 14.9. The molecule has 1 saturated carbocycles. The Morgan fingerprint density at radius 1 is 1.37 bits per heavy atom. The molecule has 0 aliphatic heterocycles. The van der Waals surface area contributed by atoms with E-state index in [-0.39, 0.29) is 6.10 Å². The first-order valence-corrected chi connectivity index (χ1v) is 8.37. The van der Waals surface area contributed by atoms with Crippen LogP contribution in [0.1, 0.15) is 57.3 Å². The molecular weight excluding hydrogens is 304 g/mol. The van der Waals surface area contributed by atoms with E-state index >= 15 is 0 Å². The average Bonchev–Trinajstić information content (AvgIpc) is 2.99. The van der Waals surface area contributed by atoms with E-state index in [0.29, 0.717) is 0 Å². The van der Waals surface area contributed by atoms with Gasteiger partial charge in [0.05, 0.1) is 22.0 Å². The molecule has 1 heterocycles. The first-order chi connectivity index (χ1) is 9.15. The third kappa shape index (κ3) is 3.60. The van der Waals surface area contributed by atoms with E-state index in [1.54, 1.807) is 0 Å². The minimum Gasteiger partial charge on any atom is -0.393 e. The number of halogens is 1. The lowest BCUT2D eigenvalue weighted by atomic mass is 9.97. The van der Waals surface area contributed by atoms with Crippen LogP contribution in [0.3, 0.4) is 0 Å². The van der Waals surface area contributed by atoms with Gasteiger partial charge in [-0.1, -0.05) is 32.6 Å². The highest BCUT2D eigenvalue weighted by molar-refractivity contribution is 9.10. The van der Waals surface area contributed by atoms with Crippen molar-refractivity contribution in [1.29, 1.82) is 0 Å². The number of aliphatic hydroxyl groups excluding tert-OH is 1. The summed E-state index contributed by atoms with van der Waals surface area (Å²) in [5.74, 6) is 0.734. The summed E-state index contributed by atoms with van der Waals surface area (Å²) in [4.78, 5) is 0. The topological polar surface area (TPSA) is 38.0 Å². The van der Waals surface area contributed by atoms with E-state index in [0.717, 1.165) is 47.6 Å². The molecule has 3 nitrogen and oxygen atoms in total. The third-order valence-electron chi connectivity index (χ3n) is 4.20. The molecule has 108 valence electrons. The van der Waals surface area contributed by atoms with Gasteiger partial charge in [-0.2, -0.15) is 5.10 Å². The molecule has 1 unspecified atom stereocenters. The van der Waals surface area contributed by atoms with Crippen molar-refractivity contribution >= 4 is 15.9 Å². The lowest BCUT2D eigenvalue weighted by molar-refractivity contribution is 0.140. The zero-order valence-corrected chi connectivity index (χ0v) is 13.6. The molecule has 0 spiro atoms. The number of rotatable bonds is 6. The van der Waals surface area contributed by atoms with Gasteiger partial charge in [0, 0.05) is 13.0 Å². The first kappa shape index (κ1) is 15.0. The molecule has 4 heteroatoms. The smallest absolute Gasteiger partial charge is 0.0766 e. The molecule has 1 aliphatic carbocycles. The van der Waals surface area contributed by atoms with Crippen LogP contribution in [0, 0.1) is 5.92 Å². The van der Waals surface area contributed by atoms with Gasteiger partial charge in [-0.25, -0.2) is 0 Å². The van der Waals surface area contributed by atoms with Crippen LogP contribution in [0.2, 0.25) is 0 Å². The fourth-order valence-corrected chi connectivity index (χ4v) is 3.88. The van der Waals surface area contributed by atoms with E-state index < -0.39 is 0 Å². The van der Waals surface area contributed by atoms with Crippen molar-refractivity contribution in [2.24, 2.45) is 5.92 Å². The SMILES string of the molecule is CCc1nn(CC)c(CC(O)CC2CCCC2)c1Br. The van der Waals surface area contributed by atoms with Gasteiger partial charge in [0.25, 0.3) is 0 Å². The Morgan fingerprint density at radius 3 is 2.63 bits per heavy atom. The summed E-state index contributed by atoms with van der Waals surface area (Å²) in [5.41, 5.74) is 2.26. The predicted octanol–water partition coefficient (Wildman–Crippen LogP) is 3.71. The lowest BCUT2D eigenvalue weighted by Gasteiger charge is -2.16. The van der Waals surface area contributed by atoms with Crippen LogP contribution in [-0.2, 0) is 19.4 Å². The molecule has 2 rings (SSSR count). The van der Waals surface area contributed by atoms with Crippen LogP contribution in [0.25, 0.3) is 0 Å². The van der Waals surface area contributed by atoms with Crippen molar-refractivity contribution in [3.05, 3.63) is 15.9 Å². The Balaban J connectivity index is 2.02. The van der Waals surface area contributed by atoms with E-state index in [1.807, 2.05) is 4.68 Å². The maximum Gasteiger partial charge on any atom is 0.0766 e. The van der Waals surface area contributed by atoms with Gasteiger partial charge in [-0.05, 0) is 41.6 Å². The van der Waals surface area contributed by atoms with Gasteiger partial charge < -0.3 is 5.11 Å². The molecule has 0 aromatic carbocycles. The lowest BCUT2D eigenvalue weighted by Crippen LogP contribution is -2.17. The molecule has 1 aromatic rings. The summed E-state index contributed by atoms with van der Waals surface area (Å²) in [6.45, 7) is 5.08. The first-order valence-electron chi connectivity index (χ1n) is 7.57. The van der Waals surface area contributed by atoms with Gasteiger partial charge in [-0.15, -0.1) is 0 Å². The van der Waals surface area contributed by atoms with Crippen molar-refractivity contribution in [3.63, 3.8) is 0 Å². The highest BCUT2D eigenvalue weighted by Crippen LogP contribution is 2.30. The summed E-state index contributed by atoms with van der Waals surface area (Å²) in [7, 11) is 0. The monoisotopic (exact) mass is 328 g/mol. The maximum atomic E-state index is 10.3. The molecule has 0 amide bonds. The second-order valence-corrected chi connectivity index (χ2v) is 6.41. The molecule has 1 aromatic heterocycles. The highest BCUT2D eigenvalue weighted by atomic mass is 79.9. The van der Waals surface area contributed by atoms with Gasteiger partial charge in [0.2, 0.25) is 0 Å². The third-order valence-corrected chi connectivity index (χ3v) is 5.12. The summed E-state index contributed by atoms with van der Waals surface area (Å²) >= 11 is 3.65. The number of aliphatic hydroxyl groups is 1. The highest BCUT2D eigenvalue weighted by Gasteiger charge is 2.22. The molecule has 1 N–H and O–H groups in total. The van der Waals surface area contributed by atoms with Crippen LogP contribution in [-0.4, -0.2) is 21.0 Å². The van der Waals surface area contributed by atoms with E-state index in [4.69, 9.17) is 0 Å². The van der Waals surface area contributed by atoms with Gasteiger partial charge in [0.1, 0.15) is 0 Å². The van der Waals surface area contributed by atoms with E-state index in [2.05, 4.69) is 34.9 Å². The molecule has 0 saturated heterocycles. The average molecular weight is 329 g/mol. The second kappa shape index (κ2) is 6.89. The van der Waals surface area contributed by atoms with Crippen LogP contribution in [0.5, 0.6) is 0 Å². The van der Waals surface area contributed by atoms with Crippen LogP contribution in [0.15, 0.2) is 4.47 Å². The normalized spacial score (nSPS) is 18.1. The zero-order valence-electron chi connectivity index (χ0n) is 12.0. The Bertz CT molecular complexity index is 411.